The minimum Gasteiger partial charge on any atom is -0.545 e. The van der Waals surface area contributed by atoms with E-state index in [0.717, 1.165) is 26.3 Å². The number of hydrogen-bond donors (Lipinski definition) is 1. The fraction of sp³-hybridized carbons (Fsp3) is 0.462. The number of rotatable bonds is 7. The number of aromatic carboxylic acids is 1. The molecular formula is C13H21NO4. The van der Waals surface area contributed by atoms with E-state index >= 15 is 0 Å². The molecular weight excluding hydrogens is 234 g/mol. The molecule has 0 unspecified atom stereocenters. The number of benzene rings is 1. The first-order chi connectivity index (χ1) is 8.72. The molecule has 2 N–H and O–H groups in total. The van der Waals surface area contributed by atoms with E-state index in [9.17, 15) is 9.90 Å². The Morgan fingerprint density at radius 1 is 1.11 bits per heavy atom. The Bertz CT molecular complexity index is 297. The van der Waals surface area contributed by atoms with Gasteiger partial charge in [-0.1, -0.05) is 30.3 Å². The zero-order valence-corrected chi connectivity index (χ0v) is 10.9. The third kappa shape index (κ3) is 9.77. The monoisotopic (exact) mass is 255 g/mol. The van der Waals surface area contributed by atoms with Crippen LogP contribution in [0.15, 0.2) is 30.3 Å². The van der Waals surface area contributed by atoms with E-state index < -0.39 is 5.97 Å². The number of carbonyl (C=O) groups is 1. The van der Waals surface area contributed by atoms with Crippen molar-refractivity contribution in [2.75, 3.05) is 40.5 Å². The van der Waals surface area contributed by atoms with E-state index in [1.165, 1.54) is 12.1 Å². The third-order valence-corrected chi connectivity index (χ3v) is 2.06. The molecule has 5 heteroatoms. The summed E-state index contributed by atoms with van der Waals surface area (Å²) < 4.78 is 9.70. The first kappa shape index (κ1) is 16.6. The minimum atomic E-state index is -1.13. The molecule has 1 aromatic rings. The fourth-order valence-corrected chi connectivity index (χ4v) is 1.12. The number of ether oxygens (including phenoxy) is 2. The summed E-state index contributed by atoms with van der Waals surface area (Å²) in [7, 11) is 3.42. The van der Waals surface area contributed by atoms with E-state index in [4.69, 9.17) is 9.47 Å². The molecule has 102 valence electrons. The summed E-state index contributed by atoms with van der Waals surface area (Å²) in [5.41, 5.74) is 0.220. The van der Waals surface area contributed by atoms with E-state index in [-0.39, 0.29) is 5.56 Å². The second kappa shape index (κ2) is 12.0. The Morgan fingerprint density at radius 2 is 1.61 bits per heavy atom. The normalized spacial score (nSPS) is 9.44. The molecule has 0 aliphatic heterocycles. The molecule has 1 aromatic carbocycles. The van der Waals surface area contributed by atoms with Gasteiger partial charge in [0.1, 0.15) is 0 Å². The fourth-order valence-electron chi connectivity index (χ4n) is 1.12. The molecule has 0 saturated heterocycles. The van der Waals surface area contributed by atoms with Crippen LogP contribution >= 0.6 is 0 Å². The maximum absolute atomic E-state index is 10.1. The van der Waals surface area contributed by atoms with Crippen molar-refractivity contribution in [2.45, 2.75) is 0 Å². The number of carbonyl (C=O) groups excluding carboxylic acids is 1. The van der Waals surface area contributed by atoms with Crippen molar-refractivity contribution in [3.8, 4) is 0 Å². The lowest BCUT2D eigenvalue weighted by atomic mass is 10.2. The largest absolute Gasteiger partial charge is 0.545 e. The predicted octanol–water partition coefficient (Wildman–Crippen LogP) is -1.11. The van der Waals surface area contributed by atoms with Crippen molar-refractivity contribution in [3.63, 3.8) is 0 Å². The lowest BCUT2D eigenvalue weighted by Gasteiger charge is -1.98. The Labute approximate surface area is 108 Å². The molecule has 0 bridgehead atoms. The highest BCUT2D eigenvalue weighted by atomic mass is 16.5. The molecule has 0 aromatic heterocycles. The van der Waals surface area contributed by atoms with Gasteiger partial charge in [0.15, 0.2) is 0 Å². The summed E-state index contributed by atoms with van der Waals surface area (Å²) in [4.78, 5) is 10.1. The molecule has 0 aliphatic carbocycles. The Balaban J connectivity index is 0.000000321. The SMILES string of the molecule is COCC[NH2+]CCOC.O=C([O-])c1ccccc1. The van der Waals surface area contributed by atoms with Gasteiger partial charge in [-0.2, -0.15) is 0 Å². The molecule has 0 spiro atoms. The first-order valence-corrected chi connectivity index (χ1v) is 5.78. The van der Waals surface area contributed by atoms with Crippen LogP contribution in [0.3, 0.4) is 0 Å². The molecule has 0 aliphatic rings. The quantitative estimate of drug-likeness (QED) is 0.627. The van der Waals surface area contributed by atoms with Crippen molar-refractivity contribution < 1.29 is 24.7 Å². The summed E-state index contributed by atoms with van der Waals surface area (Å²) in [6.45, 7) is 3.70. The van der Waals surface area contributed by atoms with Gasteiger partial charge in [0, 0.05) is 14.2 Å². The topological polar surface area (TPSA) is 75.2 Å². The summed E-state index contributed by atoms with van der Waals surface area (Å²) in [5.74, 6) is -1.13. The summed E-state index contributed by atoms with van der Waals surface area (Å²) in [6.07, 6.45) is 0. The number of hydrogen-bond acceptors (Lipinski definition) is 4. The third-order valence-electron chi connectivity index (χ3n) is 2.06. The predicted molar refractivity (Wildman–Crippen MR) is 66.2 cm³/mol. The standard InChI is InChI=1S/C7H6O2.C6H15NO2/c8-7(9)6-4-2-1-3-5-6;1-8-5-3-7-4-6-9-2/h1-5H,(H,8,9);7H,3-6H2,1-2H3. The van der Waals surface area contributed by atoms with Gasteiger partial charge < -0.3 is 24.7 Å². The molecule has 0 amide bonds. The van der Waals surface area contributed by atoms with Crippen molar-refractivity contribution in [1.82, 2.24) is 0 Å². The minimum absolute atomic E-state index is 0.220. The van der Waals surface area contributed by atoms with Gasteiger partial charge >= 0.3 is 0 Å². The van der Waals surface area contributed by atoms with Crippen molar-refractivity contribution in [2.24, 2.45) is 0 Å². The van der Waals surface area contributed by atoms with Crippen LogP contribution in [0, 0.1) is 0 Å². The zero-order valence-electron chi connectivity index (χ0n) is 10.9. The second-order valence-electron chi connectivity index (χ2n) is 3.51. The van der Waals surface area contributed by atoms with Crippen molar-refractivity contribution in [3.05, 3.63) is 35.9 Å². The van der Waals surface area contributed by atoms with Gasteiger partial charge in [0.05, 0.1) is 32.3 Å². The molecule has 0 fully saturated rings. The van der Waals surface area contributed by atoms with Gasteiger partial charge in [-0.05, 0) is 5.56 Å². The van der Waals surface area contributed by atoms with Crippen LogP contribution in [-0.4, -0.2) is 46.5 Å². The molecule has 0 heterocycles. The molecule has 1 rings (SSSR count). The van der Waals surface area contributed by atoms with E-state index in [1.54, 1.807) is 32.4 Å². The Hall–Kier alpha value is -1.43. The lowest BCUT2D eigenvalue weighted by molar-refractivity contribution is -0.657. The van der Waals surface area contributed by atoms with Crippen LogP contribution in [0.4, 0.5) is 0 Å². The number of nitrogens with two attached hydrogens (primary N) is 1. The lowest BCUT2D eigenvalue weighted by Crippen LogP contribution is -2.86. The highest BCUT2D eigenvalue weighted by Gasteiger charge is 1.87. The van der Waals surface area contributed by atoms with Gasteiger partial charge in [-0.25, -0.2) is 0 Å². The molecule has 5 nitrogen and oxygen atoms in total. The summed E-state index contributed by atoms with van der Waals surface area (Å²) in [6, 6.07) is 8.06. The Morgan fingerprint density at radius 3 is 1.94 bits per heavy atom. The van der Waals surface area contributed by atoms with Crippen LogP contribution < -0.4 is 10.4 Å². The van der Waals surface area contributed by atoms with E-state index in [0.29, 0.717) is 0 Å². The number of quaternary nitrogens is 1. The number of carboxylic acid groups (broad SMARTS) is 1. The van der Waals surface area contributed by atoms with Crippen molar-refractivity contribution >= 4 is 5.97 Å². The maximum Gasteiger partial charge on any atom is 0.0993 e. The number of methoxy groups -OCH3 is 2. The molecule has 0 radical (unpaired) electrons. The van der Waals surface area contributed by atoms with Crippen LogP contribution in [-0.2, 0) is 9.47 Å². The highest BCUT2D eigenvalue weighted by Crippen LogP contribution is 1.94. The molecule has 0 atom stereocenters. The summed E-state index contributed by atoms with van der Waals surface area (Å²) >= 11 is 0. The second-order valence-corrected chi connectivity index (χ2v) is 3.51. The van der Waals surface area contributed by atoms with Gasteiger partial charge in [-0.3, -0.25) is 0 Å². The van der Waals surface area contributed by atoms with Crippen LogP contribution in [0.1, 0.15) is 10.4 Å². The highest BCUT2D eigenvalue weighted by molar-refractivity contribution is 5.85. The average Bonchev–Trinajstić information content (AvgIpc) is 2.40. The van der Waals surface area contributed by atoms with Gasteiger partial charge in [-0.15, -0.1) is 0 Å². The van der Waals surface area contributed by atoms with Gasteiger partial charge in [0.25, 0.3) is 0 Å². The Kier molecular flexibility index (Phi) is 11.1. The average molecular weight is 255 g/mol. The van der Waals surface area contributed by atoms with Crippen LogP contribution in [0.5, 0.6) is 0 Å². The van der Waals surface area contributed by atoms with E-state index in [2.05, 4.69) is 5.32 Å². The zero-order chi connectivity index (χ0) is 13.6. The molecule has 18 heavy (non-hydrogen) atoms. The van der Waals surface area contributed by atoms with Crippen LogP contribution in [0.25, 0.3) is 0 Å². The smallest absolute Gasteiger partial charge is 0.0993 e. The maximum atomic E-state index is 10.1. The van der Waals surface area contributed by atoms with Crippen molar-refractivity contribution in [1.29, 1.82) is 0 Å². The van der Waals surface area contributed by atoms with Crippen LogP contribution in [0.2, 0.25) is 0 Å². The van der Waals surface area contributed by atoms with E-state index in [1.807, 2.05) is 0 Å². The number of carboxylic acids is 1. The first-order valence-electron chi connectivity index (χ1n) is 5.78. The van der Waals surface area contributed by atoms with Gasteiger partial charge in [0.2, 0.25) is 0 Å². The summed E-state index contributed by atoms with van der Waals surface area (Å²) in [5, 5.41) is 12.3. The molecule has 0 saturated carbocycles.